The van der Waals surface area contributed by atoms with Crippen molar-refractivity contribution in [3.05, 3.63) is 12.2 Å². The van der Waals surface area contributed by atoms with E-state index in [4.69, 9.17) is 9.94 Å². The summed E-state index contributed by atoms with van der Waals surface area (Å²) in [6.07, 6.45) is 10.3. The zero-order valence-corrected chi connectivity index (χ0v) is 14.6. The molecule has 25 heavy (non-hydrogen) atoms. The Labute approximate surface area is 148 Å². The van der Waals surface area contributed by atoms with Crippen LogP contribution in [0.1, 0.15) is 51.4 Å². The van der Waals surface area contributed by atoms with Gasteiger partial charge >= 0.3 is 5.97 Å². The number of carbonyl (C=O) groups is 1. The molecule has 0 spiro atoms. The molecule has 3 saturated carbocycles. The molecule has 0 aliphatic heterocycles. The van der Waals surface area contributed by atoms with Crippen LogP contribution >= 0.6 is 0 Å². The molecule has 5 atom stereocenters. The van der Waals surface area contributed by atoms with E-state index in [0.29, 0.717) is 18.3 Å². The zero-order chi connectivity index (χ0) is 17.8. The van der Waals surface area contributed by atoms with Gasteiger partial charge in [-0.1, -0.05) is 36.6 Å². The van der Waals surface area contributed by atoms with E-state index in [1.807, 2.05) is 12.2 Å². The van der Waals surface area contributed by atoms with Crippen LogP contribution in [0.3, 0.4) is 0 Å². The summed E-state index contributed by atoms with van der Waals surface area (Å²) < 4.78 is 0. The third-order valence-corrected chi connectivity index (χ3v) is 6.08. The normalized spacial score (nSPS) is 35.5. The number of hydrogen-bond donors (Lipinski definition) is 3. The molecule has 140 valence electrons. The lowest BCUT2D eigenvalue weighted by Crippen LogP contribution is -2.36. The van der Waals surface area contributed by atoms with Crippen molar-refractivity contribution in [1.29, 1.82) is 0 Å². The largest absolute Gasteiger partial charge is 0.481 e. The van der Waals surface area contributed by atoms with Gasteiger partial charge in [-0.2, -0.15) is 0 Å². The van der Waals surface area contributed by atoms with Crippen LogP contribution in [0.25, 0.3) is 0 Å². The van der Waals surface area contributed by atoms with Crippen LogP contribution < -0.4 is 0 Å². The fourth-order valence-electron chi connectivity index (χ4n) is 4.55. The average Bonchev–Trinajstić information content (AvgIpc) is 2.84. The molecule has 0 aromatic heterocycles. The molecule has 3 aliphatic rings. The minimum absolute atomic E-state index is 0.0576. The van der Waals surface area contributed by atoms with Crippen LogP contribution in [0.5, 0.6) is 0 Å². The molecule has 0 aromatic rings. The Hall–Kier alpha value is -1.40. The van der Waals surface area contributed by atoms with Crippen LogP contribution in [0, 0.1) is 23.7 Å². The van der Waals surface area contributed by atoms with E-state index >= 15 is 0 Å². The van der Waals surface area contributed by atoms with Gasteiger partial charge in [0.2, 0.25) is 0 Å². The van der Waals surface area contributed by atoms with E-state index in [1.54, 1.807) is 0 Å². The highest BCUT2D eigenvalue weighted by atomic mass is 16.6. The fraction of sp³-hybridized carbons (Fsp3) is 0.789. The minimum atomic E-state index is -0.898. The number of carboxylic acid groups (broad SMARTS) is 1. The van der Waals surface area contributed by atoms with E-state index in [9.17, 15) is 15.0 Å². The van der Waals surface area contributed by atoms with Crippen molar-refractivity contribution >= 4 is 11.7 Å². The van der Waals surface area contributed by atoms with Gasteiger partial charge in [-0.05, 0) is 37.5 Å². The third kappa shape index (κ3) is 4.42. The number of aliphatic hydroxyl groups excluding tert-OH is 2. The Morgan fingerprint density at radius 3 is 2.80 bits per heavy atom. The Balaban J connectivity index is 1.49. The van der Waals surface area contributed by atoms with Crippen LogP contribution in [-0.2, 0) is 9.63 Å². The van der Waals surface area contributed by atoms with Gasteiger partial charge in [-0.25, -0.2) is 0 Å². The number of carboxylic acids is 1. The molecule has 0 radical (unpaired) electrons. The molecule has 3 unspecified atom stereocenters. The molecular formula is C19H29NO5. The molecule has 0 aromatic carbocycles. The van der Waals surface area contributed by atoms with E-state index < -0.39 is 18.2 Å². The molecule has 3 fully saturated rings. The SMILES string of the molecule is O=C(O)CCON=C1C[C@H]2C(C=CC(O)C3CCCCC3)C(O)C[C@H]12. The van der Waals surface area contributed by atoms with Gasteiger partial charge in [0.05, 0.1) is 24.3 Å². The maximum absolute atomic E-state index is 10.4. The lowest BCUT2D eigenvalue weighted by atomic mass is 9.70. The summed E-state index contributed by atoms with van der Waals surface area (Å²) in [4.78, 5) is 15.5. The topological polar surface area (TPSA) is 99.4 Å². The van der Waals surface area contributed by atoms with Gasteiger partial charge in [0.25, 0.3) is 0 Å². The van der Waals surface area contributed by atoms with Crippen molar-refractivity contribution in [2.24, 2.45) is 28.8 Å². The van der Waals surface area contributed by atoms with E-state index in [1.165, 1.54) is 19.3 Å². The summed E-state index contributed by atoms with van der Waals surface area (Å²) in [5.41, 5.74) is 0.929. The van der Waals surface area contributed by atoms with Crippen LogP contribution in [0.4, 0.5) is 0 Å². The second kappa shape index (κ2) is 8.32. The van der Waals surface area contributed by atoms with Gasteiger partial charge in [0.15, 0.2) is 0 Å². The quantitative estimate of drug-likeness (QED) is 0.371. The highest BCUT2D eigenvalue weighted by Crippen LogP contribution is 2.49. The fourth-order valence-corrected chi connectivity index (χ4v) is 4.55. The minimum Gasteiger partial charge on any atom is -0.481 e. The first-order chi connectivity index (χ1) is 12.1. The van der Waals surface area contributed by atoms with E-state index in [2.05, 4.69) is 5.16 Å². The van der Waals surface area contributed by atoms with Gasteiger partial charge in [0, 0.05) is 11.8 Å². The molecule has 0 heterocycles. The van der Waals surface area contributed by atoms with Gasteiger partial charge in [-0.15, -0.1) is 0 Å². The standard InChI is InChI=1S/C19H29NO5/c21-17(12-4-2-1-3-5-12)7-6-13-14-10-16(15(14)11-18(13)22)20-25-9-8-19(23)24/h6-7,12-15,17-18,21-22H,1-5,8-11H2,(H,23,24)/t13?,14-,15-,17?,18?/m0/s1. The zero-order valence-electron chi connectivity index (χ0n) is 14.6. The number of nitrogens with zero attached hydrogens (tertiary/aromatic N) is 1. The molecular weight excluding hydrogens is 322 g/mol. The summed E-state index contributed by atoms with van der Waals surface area (Å²) in [5.74, 6) is 0.110. The summed E-state index contributed by atoms with van der Waals surface area (Å²) >= 11 is 0. The number of hydrogen-bond acceptors (Lipinski definition) is 5. The molecule has 3 rings (SSSR count). The maximum atomic E-state index is 10.4. The first-order valence-corrected chi connectivity index (χ1v) is 9.51. The number of rotatable bonds is 7. The summed E-state index contributed by atoms with van der Waals surface area (Å²) in [5, 5.41) is 33.3. The highest BCUT2D eigenvalue weighted by molar-refractivity contribution is 5.93. The maximum Gasteiger partial charge on any atom is 0.306 e. The summed E-state index contributed by atoms with van der Waals surface area (Å²) in [6.45, 7) is 0.0791. The molecule has 0 bridgehead atoms. The lowest BCUT2D eigenvalue weighted by Gasteiger charge is -2.34. The van der Waals surface area contributed by atoms with Crippen molar-refractivity contribution < 1.29 is 25.0 Å². The Bertz CT molecular complexity index is 526. The average molecular weight is 351 g/mol. The van der Waals surface area contributed by atoms with Crippen molar-refractivity contribution in [2.45, 2.75) is 63.6 Å². The van der Waals surface area contributed by atoms with Gasteiger partial charge < -0.3 is 20.2 Å². The van der Waals surface area contributed by atoms with Gasteiger partial charge in [-0.3, -0.25) is 4.79 Å². The predicted octanol–water partition coefficient (Wildman–Crippen LogP) is 2.35. The highest BCUT2D eigenvalue weighted by Gasteiger charge is 2.51. The van der Waals surface area contributed by atoms with E-state index in [-0.39, 0.29) is 24.9 Å². The van der Waals surface area contributed by atoms with Crippen molar-refractivity contribution in [3.8, 4) is 0 Å². The summed E-state index contributed by atoms with van der Waals surface area (Å²) in [7, 11) is 0. The summed E-state index contributed by atoms with van der Waals surface area (Å²) in [6, 6.07) is 0. The molecule has 3 N–H and O–H groups in total. The first kappa shape index (κ1) is 18.4. The van der Waals surface area contributed by atoms with Crippen LogP contribution in [0.15, 0.2) is 17.3 Å². The Morgan fingerprint density at radius 2 is 2.08 bits per heavy atom. The van der Waals surface area contributed by atoms with Crippen molar-refractivity contribution in [2.75, 3.05) is 6.61 Å². The molecule has 0 saturated heterocycles. The van der Waals surface area contributed by atoms with Crippen LogP contribution in [-0.4, -0.2) is 45.8 Å². The third-order valence-electron chi connectivity index (χ3n) is 6.08. The number of aliphatic carboxylic acids is 1. The molecule has 0 amide bonds. The second-order valence-corrected chi connectivity index (χ2v) is 7.69. The van der Waals surface area contributed by atoms with Crippen molar-refractivity contribution in [3.63, 3.8) is 0 Å². The molecule has 6 nitrogen and oxygen atoms in total. The van der Waals surface area contributed by atoms with Crippen molar-refractivity contribution in [1.82, 2.24) is 0 Å². The second-order valence-electron chi connectivity index (χ2n) is 7.69. The number of oxime groups is 1. The number of aliphatic hydroxyl groups is 2. The van der Waals surface area contributed by atoms with E-state index in [0.717, 1.165) is 25.0 Å². The van der Waals surface area contributed by atoms with Crippen LogP contribution in [0.2, 0.25) is 0 Å². The van der Waals surface area contributed by atoms with Gasteiger partial charge in [0.1, 0.15) is 6.61 Å². The Kier molecular flexibility index (Phi) is 6.12. The smallest absolute Gasteiger partial charge is 0.306 e. The Morgan fingerprint density at radius 1 is 1.32 bits per heavy atom. The predicted molar refractivity (Wildman–Crippen MR) is 93.1 cm³/mol. The molecule has 6 heteroatoms. The molecule has 3 aliphatic carbocycles. The monoisotopic (exact) mass is 351 g/mol. The number of fused-ring (bicyclic) bond motifs is 1. The lowest BCUT2D eigenvalue weighted by molar-refractivity contribution is -0.138. The first-order valence-electron chi connectivity index (χ1n) is 9.51.